The van der Waals surface area contributed by atoms with Crippen molar-refractivity contribution in [2.24, 2.45) is 16.2 Å². The molecule has 1 aliphatic rings. The predicted molar refractivity (Wildman–Crippen MR) is 93.0 cm³/mol. The van der Waals surface area contributed by atoms with E-state index in [2.05, 4.69) is 48.5 Å². The third-order valence-electron chi connectivity index (χ3n) is 5.45. The summed E-state index contributed by atoms with van der Waals surface area (Å²) in [6.07, 6.45) is 1.89. The number of carbonyl (C=O) groups is 1. The van der Waals surface area contributed by atoms with E-state index in [9.17, 15) is 4.79 Å². The van der Waals surface area contributed by atoms with E-state index in [0.29, 0.717) is 0 Å². The van der Waals surface area contributed by atoms with Crippen molar-refractivity contribution >= 4 is 6.09 Å². The minimum absolute atomic E-state index is 0.170. The molecule has 130 valence electrons. The first-order valence-electron chi connectivity index (χ1n) is 8.60. The Bertz CT molecular complexity index is 393. The summed E-state index contributed by atoms with van der Waals surface area (Å²) < 4.78 is 5.57. The molecule has 22 heavy (non-hydrogen) atoms. The number of amides is 1. The Morgan fingerprint density at radius 1 is 1.00 bits per heavy atom. The Kier molecular flexibility index (Phi) is 5.02. The van der Waals surface area contributed by atoms with Gasteiger partial charge in [-0.25, -0.2) is 4.79 Å². The van der Waals surface area contributed by atoms with Crippen LogP contribution in [0.3, 0.4) is 0 Å². The smallest absolute Gasteiger partial charge is 0.410 e. The quantitative estimate of drug-likeness (QED) is 0.592. The average Bonchev–Trinajstić information content (AvgIpc) is 2.22. The van der Waals surface area contributed by atoms with Gasteiger partial charge in [-0.2, -0.15) is 0 Å². The molecule has 0 aromatic carbocycles. The van der Waals surface area contributed by atoms with Gasteiger partial charge in [0, 0.05) is 12.6 Å². The topological polar surface area (TPSA) is 29.5 Å². The van der Waals surface area contributed by atoms with Crippen LogP contribution in [-0.4, -0.2) is 29.2 Å². The highest BCUT2D eigenvalue weighted by atomic mass is 16.6. The summed E-state index contributed by atoms with van der Waals surface area (Å²) in [6, 6.07) is 0.210. The minimum atomic E-state index is -0.431. The van der Waals surface area contributed by atoms with E-state index < -0.39 is 5.60 Å². The molecule has 1 aliphatic heterocycles. The molecule has 0 saturated carbocycles. The minimum Gasteiger partial charge on any atom is -0.444 e. The maximum atomic E-state index is 12.4. The third-order valence-corrected chi connectivity index (χ3v) is 5.45. The second-order valence-corrected chi connectivity index (χ2v) is 10.1. The normalized spacial score (nSPS) is 23.4. The van der Waals surface area contributed by atoms with Gasteiger partial charge < -0.3 is 9.64 Å². The number of hydrogen-bond acceptors (Lipinski definition) is 2. The molecule has 0 aliphatic carbocycles. The Hall–Kier alpha value is -0.730. The molecule has 1 unspecified atom stereocenters. The number of ether oxygens (including phenoxy) is 1. The molecule has 0 aromatic heterocycles. The van der Waals surface area contributed by atoms with Gasteiger partial charge in [0.1, 0.15) is 5.60 Å². The molecule has 0 radical (unpaired) electrons. The van der Waals surface area contributed by atoms with E-state index in [0.717, 1.165) is 19.4 Å². The van der Waals surface area contributed by atoms with Crippen LogP contribution in [-0.2, 0) is 4.74 Å². The highest BCUT2D eigenvalue weighted by Gasteiger charge is 2.53. The van der Waals surface area contributed by atoms with Gasteiger partial charge in [-0.1, -0.05) is 41.5 Å². The molecule has 1 rings (SSSR count). The first-order chi connectivity index (χ1) is 9.61. The third kappa shape index (κ3) is 3.78. The molecule has 1 fully saturated rings. The largest absolute Gasteiger partial charge is 0.444 e. The molecule has 1 amide bonds. The lowest BCUT2D eigenvalue weighted by Gasteiger charge is -2.59. The highest BCUT2D eigenvalue weighted by Crippen LogP contribution is 2.58. The van der Waals surface area contributed by atoms with Crippen LogP contribution in [0, 0.1) is 16.2 Å². The SMILES string of the molecule is CC1CC(C(C)(C)C)(C(C)(C)C)CCN1C(=O)OC(C)(C)C. The molecule has 1 saturated heterocycles. The molecule has 0 N–H and O–H groups in total. The highest BCUT2D eigenvalue weighted by molar-refractivity contribution is 5.68. The fourth-order valence-electron chi connectivity index (χ4n) is 4.33. The second kappa shape index (κ2) is 5.72. The molecule has 3 nitrogen and oxygen atoms in total. The van der Waals surface area contributed by atoms with Crippen LogP contribution in [0.5, 0.6) is 0 Å². The van der Waals surface area contributed by atoms with Gasteiger partial charge in [-0.15, -0.1) is 0 Å². The zero-order valence-corrected chi connectivity index (χ0v) is 16.5. The molecule has 1 heterocycles. The summed E-state index contributed by atoms with van der Waals surface area (Å²) in [5.41, 5.74) is 0.205. The maximum absolute atomic E-state index is 12.4. The zero-order chi connectivity index (χ0) is 17.6. The Morgan fingerprint density at radius 2 is 1.45 bits per heavy atom. The van der Waals surface area contributed by atoms with E-state index in [1.807, 2.05) is 25.7 Å². The van der Waals surface area contributed by atoms with Crippen LogP contribution in [0.4, 0.5) is 4.79 Å². The lowest BCUT2D eigenvalue weighted by molar-refractivity contribution is -0.0987. The predicted octanol–water partition coefficient (Wildman–Crippen LogP) is 5.48. The fraction of sp³-hybridized carbons (Fsp3) is 0.947. The van der Waals surface area contributed by atoms with Crippen molar-refractivity contribution < 1.29 is 9.53 Å². The van der Waals surface area contributed by atoms with Crippen LogP contribution < -0.4 is 0 Å². The van der Waals surface area contributed by atoms with E-state index in [-0.39, 0.29) is 28.4 Å². The van der Waals surface area contributed by atoms with Gasteiger partial charge >= 0.3 is 6.09 Å². The van der Waals surface area contributed by atoms with Crippen molar-refractivity contribution in [2.75, 3.05) is 6.54 Å². The summed E-state index contributed by atoms with van der Waals surface area (Å²) >= 11 is 0. The summed E-state index contributed by atoms with van der Waals surface area (Å²) in [4.78, 5) is 14.4. The second-order valence-electron chi connectivity index (χ2n) is 10.1. The molecular formula is C19H37NO2. The maximum Gasteiger partial charge on any atom is 0.410 e. The van der Waals surface area contributed by atoms with Gasteiger partial charge in [-0.3, -0.25) is 0 Å². The van der Waals surface area contributed by atoms with E-state index >= 15 is 0 Å². The molecule has 0 bridgehead atoms. The van der Waals surface area contributed by atoms with Gasteiger partial charge in [0.25, 0.3) is 0 Å². The molecule has 1 atom stereocenters. The van der Waals surface area contributed by atoms with Crippen molar-refractivity contribution in [2.45, 2.75) is 93.7 Å². The van der Waals surface area contributed by atoms with Crippen molar-refractivity contribution in [3.63, 3.8) is 0 Å². The first kappa shape index (κ1) is 19.3. The number of likely N-dealkylation sites (tertiary alicyclic amines) is 1. The Balaban J connectivity index is 2.99. The van der Waals surface area contributed by atoms with Crippen molar-refractivity contribution in [3.05, 3.63) is 0 Å². The Labute approximate surface area is 137 Å². The number of rotatable bonds is 0. The van der Waals surface area contributed by atoms with Gasteiger partial charge in [0.15, 0.2) is 0 Å². The summed E-state index contributed by atoms with van der Waals surface area (Å²) in [6.45, 7) is 22.8. The molecule has 0 aromatic rings. The van der Waals surface area contributed by atoms with Crippen LogP contribution >= 0.6 is 0 Å². The van der Waals surface area contributed by atoms with E-state index in [1.165, 1.54) is 0 Å². The van der Waals surface area contributed by atoms with Crippen LogP contribution in [0.15, 0.2) is 0 Å². The summed E-state index contributed by atoms with van der Waals surface area (Å²) in [7, 11) is 0. The monoisotopic (exact) mass is 311 g/mol. The Morgan fingerprint density at radius 3 is 1.77 bits per heavy atom. The van der Waals surface area contributed by atoms with E-state index in [4.69, 9.17) is 4.74 Å². The number of piperidine rings is 1. The standard InChI is InChI=1S/C19H37NO2/c1-14-13-19(16(2,3)4,17(5,6)7)11-12-20(14)15(21)22-18(8,9)10/h14H,11-13H2,1-10H3. The molecular weight excluding hydrogens is 274 g/mol. The van der Waals surface area contributed by atoms with E-state index in [1.54, 1.807) is 0 Å². The molecule has 0 spiro atoms. The van der Waals surface area contributed by atoms with Crippen LogP contribution in [0.2, 0.25) is 0 Å². The lowest BCUT2D eigenvalue weighted by atomic mass is 9.49. The number of carbonyl (C=O) groups excluding carboxylic acids is 1. The summed E-state index contributed by atoms with van der Waals surface area (Å²) in [5, 5.41) is 0. The van der Waals surface area contributed by atoms with Gasteiger partial charge in [0.05, 0.1) is 0 Å². The molecule has 3 heteroatoms. The average molecular weight is 312 g/mol. The van der Waals surface area contributed by atoms with Crippen LogP contribution in [0.25, 0.3) is 0 Å². The van der Waals surface area contributed by atoms with Crippen LogP contribution in [0.1, 0.15) is 82.1 Å². The summed E-state index contributed by atoms with van der Waals surface area (Å²) in [5.74, 6) is 0. The fourth-order valence-corrected chi connectivity index (χ4v) is 4.33. The van der Waals surface area contributed by atoms with Crippen molar-refractivity contribution in [3.8, 4) is 0 Å². The van der Waals surface area contributed by atoms with Gasteiger partial charge in [-0.05, 0) is 56.8 Å². The number of hydrogen-bond donors (Lipinski definition) is 0. The van der Waals surface area contributed by atoms with Crippen molar-refractivity contribution in [1.82, 2.24) is 4.90 Å². The zero-order valence-electron chi connectivity index (χ0n) is 16.5. The number of nitrogens with zero attached hydrogens (tertiary/aromatic N) is 1. The van der Waals surface area contributed by atoms with Crippen molar-refractivity contribution in [1.29, 1.82) is 0 Å². The van der Waals surface area contributed by atoms with Gasteiger partial charge in [0.2, 0.25) is 0 Å². The first-order valence-corrected chi connectivity index (χ1v) is 8.60. The lowest BCUT2D eigenvalue weighted by Crippen LogP contribution is -2.57.